The lowest BCUT2D eigenvalue weighted by Gasteiger charge is -2.35. The summed E-state index contributed by atoms with van der Waals surface area (Å²) >= 11 is 0. The molecule has 1 heterocycles. The third kappa shape index (κ3) is 5.01. The Morgan fingerprint density at radius 3 is 2.33 bits per heavy atom. The average molecular weight is 257 g/mol. The van der Waals surface area contributed by atoms with Gasteiger partial charge in [0.15, 0.2) is 0 Å². The second kappa shape index (κ2) is 7.33. The van der Waals surface area contributed by atoms with Crippen LogP contribution in [0.4, 0.5) is 0 Å². The summed E-state index contributed by atoms with van der Waals surface area (Å²) in [6, 6.07) is -0.424. The Labute approximate surface area is 108 Å². The molecule has 1 fully saturated rings. The van der Waals surface area contributed by atoms with E-state index >= 15 is 0 Å². The molecule has 0 spiro atoms. The van der Waals surface area contributed by atoms with Gasteiger partial charge in [-0.15, -0.1) is 0 Å². The van der Waals surface area contributed by atoms with E-state index in [4.69, 9.17) is 10.8 Å². The molecule has 0 unspecified atom stereocenters. The first-order valence-electron chi connectivity index (χ1n) is 6.49. The minimum atomic E-state index is -0.734. The molecule has 1 atom stereocenters. The predicted molar refractivity (Wildman–Crippen MR) is 68.2 cm³/mol. The standard InChI is InChI=1S/C12H23N3O3/c1-10(13)12(18)15-8-6-14(7-9-15)5-3-2-4-11(16)17/h10H,2-9,13H2,1H3,(H,16,17)/t10-/m0/s1. The lowest BCUT2D eigenvalue weighted by atomic mass is 10.2. The summed E-state index contributed by atoms with van der Waals surface area (Å²) in [5.41, 5.74) is 5.57. The molecule has 0 aromatic carbocycles. The van der Waals surface area contributed by atoms with E-state index in [1.807, 2.05) is 0 Å². The van der Waals surface area contributed by atoms with Gasteiger partial charge >= 0.3 is 5.97 Å². The molecule has 1 saturated heterocycles. The Bertz CT molecular complexity index is 286. The molecular formula is C12H23N3O3. The molecule has 0 bridgehead atoms. The molecule has 1 amide bonds. The number of piperazine rings is 1. The monoisotopic (exact) mass is 257 g/mol. The number of hydrogen-bond donors (Lipinski definition) is 2. The van der Waals surface area contributed by atoms with Crippen LogP contribution in [0.15, 0.2) is 0 Å². The highest BCUT2D eigenvalue weighted by Crippen LogP contribution is 2.06. The molecule has 0 aromatic heterocycles. The van der Waals surface area contributed by atoms with Gasteiger partial charge in [0.05, 0.1) is 6.04 Å². The number of carboxylic acid groups (broad SMARTS) is 1. The molecule has 3 N–H and O–H groups in total. The lowest BCUT2D eigenvalue weighted by Crippen LogP contribution is -2.52. The normalized spacial score (nSPS) is 18.7. The second-order valence-electron chi connectivity index (χ2n) is 4.81. The van der Waals surface area contributed by atoms with Gasteiger partial charge < -0.3 is 15.7 Å². The van der Waals surface area contributed by atoms with Crippen LogP contribution >= 0.6 is 0 Å². The van der Waals surface area contributed by atoms with Crippen molar-refractivity contribution in [2.45, 2.75) is 32.2 Å². The third-order valence-corrected chi connectivity index (χ3v) is 3.19. The number of rotatable bonds is 6. The number of amides is 1. The van der Waals surface area contributed by atoms with E-state index in [9.17, 15) is 9.59 Å². The first kappa shape index (κ1) is 14.9. The van der Waals surface area contributed by atoms with Gasteiger partial charge in [-0.3, -0.25) is 14.5 Å². The topological polar surface area (TPSA) is 86.9 Å². The van der Waals surface area contributed by atoms with Crippen molar-refractivity contribution in [2.24, 2.45) is 5.73 Å². The van der Waals surface area contributed by atoms with Gasteiger partial charge in [-0.1, -0.05) is 0 Å². The number of hydrogen-bond acceptors (Lipinski definition) is 4. The van der Waals surface area contributed by atoms with E-state index in [-0.39, 0.29) is 12.3 Å². The molecule has 1 aliphatic rings. The van der Waals surface area contributed by atoms with Crippen LogP contribution in [0.3, 0.4) is 0 Å². The summed E-state index contributed by atoms with van der Waals surface area (Å²) in [7, 11) is 0. The maximum atomic E-state index is 11.7. The Kier molecular flexibility index (Phi) is 6.07. The van der Waals surface area contributed by atoms with E-state index in [1.54, 1.807) is 11.8 Å². The highest BCUT2D eigenvalue weighted by Gasteiger charge is 2.22. The number of nitrogens with two attached hydrogens (primary N) is 1. The number of carbonyl (C=O) groups excluding carboxylic acids is 1. The van der Waals surface area contributed by atoms with Crippen LogP contribution in [-0.2, 0) is 9.59 Å². The zero-order valence-electron chi connectivity index (χ0n) is 11.0. The van der Waals surface area contributed by atoms with E-state index in [2.05, 4.69) is 4.90 Å². The van der Waals surface area contributed by atoms with Crippen molar-refractivity contribution in [1.29, 1.82) is 0 Å². The van der Waals surface area contributed by atoms with Gasteiger partial charge in [0.25, 0.3) is 0 Å². The molecule has 104 valence electrons. The number of carboxylic acids is 1. The highest BCUT2D eigenvalue weighted by molar-refractivity contribution is 5.81. The van der Waals surface area contributed by atoms with Crippen molar-refractivity contribution >= 4 is 11.9 Å². The number of unbranched alkanes of at least 4 members (excludes halogenated alkanes) is 1. The van der Waals surface area contributed by atoms with Crippen molar-refractivity contribution in [2.75, 3.05) is 32.7 Å². The van der Waals surface area contributed by atoms with E-state index < -0.39 is 12.0 Å². The molecule has 1 rings (SSSR count). The lowest BCUT2D eigenvalue weighted by molar-refractivity contribution is -0.137. The maximum Gasteiger partial charge on any atom is 0.303 e. The van der Waals surface area contributed by atoms with Crippen molar-refractivity contribution in [3.8, 4) is 0 Å². The van der Waals surface area contributed by atoms with Crippen LogP contribution in [0.2, 0.25) is 0 Å². The molecule has 6 heteroatoms. The summed E-state index contributed by atoms with van der Waals surface area (Å²) in [4.78, 5) is 26.1. The van der Waals surface area contributed by atoms with Crippen LogP contribution < -0.4 is 5.73 Å². The molecule has 0 aromatic rings. The van der Waals surface area contributed by atoms with E-state index in [0.717, 1.165) is 39.1 Å². The van der Waals surface area contributed by atoms with E-state index in [1.165, 1.54) is 0 Å². The summed E-state index contributed by atoms with van der Waals surface area (Å²) in [5, 5.41) is 8.53. The largest absolute Gasteiger partial charge is 0.481 e. The van der Waals surface area contributed by atoms with Gasteiger partial charge in [0.2, 0.25) is 5.91 Å². The van der Waals surface area contributed by atoms with Crippen LogP contribution in [-0.4, -0.2) is 65.5 Å². The van der Waals surface area contributed by atoms with Crippen molar-refractivity contribution in [3.63, 3.8) is 0 Å². The number of nitrogens with zero attached hydrogens (tertiary/aromatic N) is 2. The van der Waals surface area contributed by atoms with Gasteiger partial charge in [-0.2, -0.15) is 0 Å². The van der Waals surface area contributed by atoms with Crippen LogP contribution in [0, 0.1) is 0 Å². The van der Waals surface area contributed by atoms with Crippen LogP contribution in [0.25, 0.3) is 0 Å². The predicted octanol–water partition coefficient (Wildman–Crippen LogP) is -0.267. The van der Waals surface area contributed by atoms with Gasteiger partial charge in [0.1, 0.15) is 0 Å². The minimum Gasteiger partial charge on any atom is -0.481 e. The van der Waals surface area contributed by atoms with Crippen molar-refractivity contribution in [1.82, 2.24) is 9.80 Å². The average Bonchev–Trinajstić information content (AvgIpc) is 2.34. The fraction of sp³-hybridized carbons (Fsp3) is 0.833. The molecular weight excluding hydrogens is 234 g/mol. The Balaban J connectivity index is 2.15. The Morgan fingerprint density at radius 1 is 1.22 bits per heavy atom. The number of aliphatic carboxylic acids is 1. The smallest absolute Gasteiger partial charge is 0.303 e. The maximum absolute atomic E-state index is 11.7. The molecule has 18 heavy (non-hydrogen) atoms. The van der Waals surface area contributed by atoms with Gasteiger partial charge in [-0.05, 0) is 26.3 Å². The molecule has 0 radical (unpaired) electrons. The zero-order chi connectivity index (χ0) is 13.5. The molecule has 0 aliphatic carbocycles. The third-order valence-electron chi connectivity index (χ3n) is 3.19. The first-order chi connectivity index (χ1) is 8.50. The molecule has 6 nitrogen and oxygen atoms in total. The Hall–Kier alpha value is -1.14. The summed E-state index contributed by atoms with van der Waals surface area (Å²) in [6.45, 7) is 5.77. The van der Waals surface area contributed by atoms with E-state index in [0.29, 0.717) is 6.42 Å². The zero-order valence-corrected chi connectivity index (χ0v) is 11.0. The fourth-order valence-corrected chi connectivity index (χ4v) is 2.09. The van der Waals surface area contributed by atoms with Gasteiger partial charge in [-0.25, -0.2) is 0 Å². The number of carbonyl (C=O) groups is 2. The first-order valence-corrected chi connectivity index (χ1v) is 6.49. The van der Waals surface area contributed by atoms with Crippen molar-refractivity contribution in [3.05, 3.63) is 0 Å². The minimum absolute atomic E-state index is 0.0144. The molecule has 0 saturated carbocycles. The summed E-state index contributed by atoms with van der Waals surface area (Å²) in [5.74, 6) is -0.720. The molecule has 1 aliphatic heterocycles. The fourth-order valence-electron chi connectivity index (χ4n) is 2.09. The summed E-state index contributed by atoms with van der Waals surface area (Å²) < 4.78 is 0. The van der Waals surface area contributed by atoms with Crippen LogP contribution in [0.1, 0.15) is 26.2 Å². The van der Waals surface area contributed by atoms with Gasteiger partial charge in [0, 0.05) is 32.6 Å². The quantitative estimate of drug-likeness (QED) is 0.640. The highest BCUT2D eigenvalue weighted by atomic mass is 16.4. The summed E-state index contributed by atoms with van der Waals surface area (Å²) in [6.07, 6.45) is 1.85. The Morgan fingerprint density at radius 2 is 1.83 bits per heavy atom. The second-order valence-corrected chi connectivity index (χ2v) is 4.81. The van der Waals surface area contributed by atoms with Crippen LogP contribution in [0.5, 0.6) is 0 Å². The van der Waals surface area contributed by atoms with Crippen molar-refractivity contribution < 1.29 is 14.7 Å². The SMILES string of the molecule is C[C@H](N)C(=O)N1CCN(CCCCC(=O)O)CC1.